The molecule has 0 N–H and O–H groups in total. The summed E-state index contributed by atoms with van der Waals surface area (Å²) in [6.07, 6.45) is 9.23. The van der Waals surface area contributed by atoms with Crippen molar-refractivity contribution < 1.29 is 0 Å². The summed E-state index contributed by atoms with van der Waals surface area (Å²) in [6.45, 7) is 15.8. The second kappa shape index (κ2) is 13.3. The third kappa shape index (κ3) is 5.00. The van der Waals surface area contributed by atoms with E-state index in [0.29, 0.717) is 0 Å². The van der Waals surface area contributed by atoms with Crippen LogP contribution in [0.1, 0.15) is 137 Å². The average molecular weight is 837 g/mol. The van der Waals surface area contributed by atoms with E-state index in [1.54, 1.807) is 0 Å². The predicted octanol–water partition coefficient (Wildman–Crippen LogP) is 14.3. The number of nitrogens with zero attached hydrogens (tertiary/aromatic N) is 4. The quantitative estimate of drug-likeness (QED) is 0.151. The summed E-state index contributed by atoms with van der Waals surface area (Å²) in [5.41, 5.74) is 24.3. The molecule has 0 amide bonds. The van der Waals surface area contributed by atoms with E-state index in [-0.39, 0.29) is 10.8 Å². The highest BCUT2D eigenvalue weighted by atomic mass is 15.5. The van der Waals surface area contributed by atoms with Crippen LogP contribution in [0.4, 0.5) is 11.4 Å². The first-order chi connectivity index (χ1) is 31.0. The minimum absolute atomic E-state index is 0.0244. The van der Waals surface area contributed by atoms with E-state index in [0.717, 1.165) is 39.0 Å². The Kier molecular flexibility index (Phi) is 7.98. The van der Waals surface area contributed by atoms with E-state index in [1.807, 2.05) is 0 Å². The molecule has 0 unspecified atom stereocenters. The Morgan fingerprint density at radius 3 is 1.25 bits per heavy atom. The molecule has 4 nitrogen and oxygen atoms in total. The number of hydrogen-bond donors (Lipinski definition) is 0. The van der Waals surface area contributed by atoms with Gasteiger partial charge in [0.15, 0.2) is 5.66 Å². The van der Waals surface area contributed by atoms with Crippen molar-refractivity contribution in [3.05, 3.63) is 201 Å². The molecule has 13 rings (SSSR count). The normalized spacial score (nSPS) is 19.7. The van der Waals surface area contributed by atoms with Crippen molar-refractivity contribution in [3.63, 3.8) is 0 Å². The molecule has 4 heteroatoms. The lowest BCUT2D eigenvalue weighted by Gasteiger charge is -2.51. The van der Waals surface area contributed by atoms with Gasteiger partial charge < -0.3 is 19.6 Å². The minimum atomic E-state index is -0.541. The zero-order valence-electron chi connectivity index (χ0n) is 38.6. The average Bonchev–Trinajstić information content (AvgIpc) is 4.05. The number of benzene rings is 6. The molecule has 6 aromatic rings. The summed E-state index contributed by atoms with van der Waals surface area (Å²) in [7, 11) is 0. The first-order valence-corrected chi connectivity index (χ1v) is 24.2. The van der Waals surface area contributed by atoms with Crippen LogP contribution in [-0.2, 0) is 21.9 Å². The van der Waals surface area contributed by atoms with Gasteiger partial charge in [0.05, 0.1) is 18.8 Å². The number of rotatable bonds is 0. The van der Waals surface area contributed by atoms with Gasteiger partial charge in [-0.15, -0.1) is 0 Å². The highest BCUT2D eigenvalue weighted by molar-refractivity contribution is 5.88. The van der Waals surface area contributed by atoms with Crippen molar-refractivity contribution >= 4 is 11.4 Å². The van der Waals surface area contributed by atoms with Gasteiger partial charge in [-0.2, -0.15) is 0 Å². The molecule has 0 saturated heterocycles. The zero-order chi connectivity index (χ0) is 43.3. The van der Waals surface area contributed by atoms with Crippen molar-refractivity contribution in [2.24, 2.45) is 0 Å². The second-order valence-electron chi connectivity index (χ2n) is 21.8. The largest absolute Gasteiger partial charge is 0.325 e. The summed E-state index contributed by atoms with van der Waals surface area (Å²) in [5, 5.41) is 0. The molecule has 6 aromatic carbocycles. The number of anilines is 2. The Balaban J connectivity index is 1.14. The van der Waals surface area contributed by atoms with Gasteiger partial charge in [0.1, 0.15) is 0 Å². The molecule has 64 heavy (non-hydrogen) atoms. The van der Waals surface area contributed by atoms with Crippen LogP contribution >= 0.6 is 0 Å². The molecule has 0 atom stereocenters. The first kappa shape index (κ1) is 38.5. The van der Waals surface area contributed by atoms with Gasteiger partial charge in [-0.25, -0.2) is 0 Å². The Hall–Kier alpha value is -6.00. The molecule has 4 aliphatic carbocycles. The van der Waals surface area contributed by atoms with E-state index in [2.05, 4.69) is 195 Å². The molecular weight excluding hydrogens is 777 g/mol. The Bertz CT molecular complexity index is 2820. The molecule has 320 valence electrons. The van der Waals surface area contributed by atoms with Crippen molar-refractivity contribution in [2.75, 3.05) is 23.1 Å². The van der Waals surface area contributed by atoms with Crippen molar-refractivity contribution in [3.8, 4) is 22.3 Å². The maximum Gasteiger partial charge on any atom is 0.170 e. The molecule has 7 aliphatic rings. The smallest absolute Gasteiger partial charge is 0.170 e. The summed E-state index contributed by atoms with van der Waals surface area (Å²) in [4.78, 5) is 11.4. The summed E-state index contributed by atoms with van der Waals surface area (Å²) < 4.78 is 0. The second-order valence-corrected chi connectivity index (χ2v) is 21.8. The van der Waals surface area contributed by atoms with Crippen molar-refractivity contribution in [1.29, 1.82) is 0 Å². The Morgan fingerprint density at radius 1 is 0.391 bits per heavy atom. The van der Waals surface area contributed by atoms with Gasteiger partial charge >= 0.3 is 0 Å². The molecule has 8 bridgehead atoms. The molecular formula is C60H60N4. The minimum Gasteiger partial charge on any atom is -0.325 e. The van der Waals surface area contributed by atoms with Gasteiger partial charge in [0, 0.05) is 45.3 Å². The van der Waals surface area contributed by atoms with Crippen molar-refractivity contribution in [1.82, 2.24) is 9.80 Å². The summed E-state index contributed by atoms with van der Waals surface area (Å²) >= 11 is 0. The number of hydrogen-bond acceptors (Lipinski definition) is 4. The van der Waals surface area contributed by atoms with Crippen LogP contribution < -0.4 is 9.80 Å². The summed E-state index contributed by atoms with van der Waals surface area (Å²) in [6, 6.07) is 53.2. The number of allylic oxidation sites excluding steroid dienone is 4. The number of fused-ring (bicyclic) bond motifs is 28. The maximum atomic E-state index is 2.94. The lowest BCUT2D eigenvalue weighted by molar-refractivity contribution is 0.0264. The molecule has 2 spiro atoms. The van der Waals surface area contributed by atoms with E-state index in [4.69, 9.17) is 0 Å². The molecule has 0 saturated carbocycles. The zero-order valence-corrected chi connectivity index (χ0v) is 38.6. The third-order valence-corrected chi connectivity index (χ3v) is 16.4. The van der Waals surface area contributed by atoms with Crippen molar-refractivity contribution in [2.45, 2.75) is 115 Å². The third-order valence-electron chi connectivity index (χ3n) is 16.4. The Morgan fingerprint density at radius 2 is 0.812 bits per heavy atom. The lowest BCUT2D eigenvalue weighted by atomic mass is 9.67. The van der Waals surface area contributed by atoms with Gasteiger partial charge in [-0.3, -0.25) is 0 Å². The van der Waals surface area contributed by atoms with Crippen LogP contribution in [0.3, 0.4) is 0 Å². The lowest BCUT2D eigenvalue weighted by Crippen LogP contribution is -2.57. The highest BCUT2D eigenvalue weighted by Gasteiger charge is 2.59. The monoisotopic (exact) mass is 836 g/mol. The topological polar surface area (TPSA) is 13.0 Å². The summed E-state index contributed by atoms with van der Waals surface area (Å²) in [5.74, 6) is 0. The SMILES string of the molecule is CC(C)(C)c1ccc2c(c1)-c1cc(C(C)(C)C)ccc1C21N2CN(C3=C2CCCC3)c2cccc(c2)C2(c3cccc(c3)N3CN1C1=C3CCCC1)c1ccccc1-c1ccccc12. The van der Waals surface area contributed by atoms with E-state index >= 15 is 0 Å². The fourth-order valence-electron chi connectivity index (χ4n) is 13.4. The standard InChI is InChI=1S/C60H60N4/c1-57(2,3)39-29-31-51-47(35-39)48-36-40(58(4,5)6)30-32-52(48)60(51)63-37-61(53-25-11-13-27-55(53)63)43-19-15-17-41(33-43)59(49-23-9-7-21-45(49)46-22-8-10-24-50(46)59)42-18-16-20-44(34-42)62-38-64(60)56-28-14-12-26-54(56)62/h7-10,15-24,29-36H,11-14,25-28,37-38H2,1-6H3. The van der Waals surface area contributed by atoms with E-state index < -0.39 is 11.1 Å². The van der Waals surface area contributed by atoms with Gasteiger partial charge in [-0.05, 0) is 142 Å². The van der Waals surface area contributed by atoms with Crippen LogP contribution in [0.2, 0.25) is 0 Å². The first-order valence-electron chi connectivity index (χ1n) is 24.2. The molecule has 0 aromatic heterocycles. The molecule has 3 heterocycles. The molecule has 0 fully saturated rings. The van der Waals surface area contributed by atoms with Crippen LogP contribution in [-0.4, -0.2) is 23.1 Å². The highest BCUT2D eigenvalue weighted by Crippen LogP contribution is 2.62. The van der Waals surface area contributed by atoms with E-state index in [9.17, 15) is 0 Å². The van der Waals surface area contributed by atoms with Gasteiger partial charge in [-0.1, -0.05) is 151 Å². The van der Waals surface area contributed by atoms with Crippen LogP contribution in [0, 0.1) is 0 Å². The van der Waals surface area contributed by atoms with Crippen LogP contribution in [0.15, 0.2) is 156 Å². The fraction of sp³-hybridized carbons (Fsp3) is 0.333. The fourth-order valence-corrected chi connectivity index (χ4v) is 13.4. The van der Waals surface area contributed by atoms with E-state index in [1.165, 1.54) is 127 Å². The Labute approximate surface area is 380 Å². The molecule has 0 radical (unpaired) electrons. The van der Waals surface area contributed by atoms with Crippen LogP contribution in [0.25, 0.3) is 22.3 Å². The van der Waals surface area contributed by atoms with Crippen LogP contribution in [0.5, 0.6) is 0 Å². The maximum absolute atomic E-state index is 2.94. The van der Waals surface area contributed by atoms with Gasteiger partial charge in [0.25, 0.3) is 0 Å². The molecule has 3 aliphatic heterocycles. The predicted molar refractivity (Wildman–Crippen MR) is 263 cm³/mol. The van der Waals surface area contributed by atoms with Gasteiger partial charge in [0.2, 0.25) is 0 Å².